The number of primary amides is 1. The van der Waals surface area contributed by atoms with Gasteiger partial charge in [-0.2, -0.15) is 0 Å². The van der Waals surface area contributed by atoms with E-state index in [9.17, 15) is 4.79 Å². The molecule has 31 heavy (non-hydrogen) atoms. The van der Waals surface area contributed by atoms with Crippen LogP contribution in [0.5, 0.6) is 5.75 Å². The highest BCUT2D eigenvalue weighted by atomic mass is 16.5. The van der Waals surface area contributed by atoms with E-state index < -0.39 is 11.5 Å². The lowest BCUT2D eigenvalue weighted by Gasteiger charge is -2.41. The smallest absolute Gasteiger partial charge is 0.251 e. The summed E-state index contributed by atoms with van der Waals surface area (Å²) in [7, 11) is 1.65. The number of aromatic nitrogens is 1. The molecule has 1 amide bonds. The summed E-state index contributed by atoms with van der Waals surface area (Å²) < 4.78 is 11.3. The summed E-state index contributed by atoms with van der Waals surface area (Å²) >= 11 is 0. The number of methoxy groups -OCH3 is 1. The molecule has 0 radical (unpaired) electrons. The molecule has 0 aliphatic carbocycles. The number of pyridine rings is 1. The number of benzene rings is 2. The maximum absolute atomic E-state index is 12.6. The Balaban J connectivity index is 1.52. The molecule has 0 saturated carbocycles. The Labute approximate surface area is 182 Å². The van der Waals surface area contributed by atoms with E-state index in [2.05, 4.69) is 16.0 Å². The third kappa shape index (κ3) is 4.93. The van der Waals surface area contributed by atoms with Crippen molar-refractivity contribution in [3.8, 4) is 16.9 Å². The molecule has 2 N–H and O–H groups in total. The van der Waals surface area contributed by atoms with Crippen LogP contribution < -0.4 is 10.5 Å². The van der Waals surface area contributed by atoms with Gasteiger partial charge in [0.05, 0.1) is 13.7 Å². The molecule has 0 unspecified atom stereocenters. The van der Waals surface area contributed by atoms with Crippen LogP contribution in [0.15, 0.2) is 73.1 Å². The van der Waals surface area contributed by atoms with Crippen molar-refractivity contribution < 1.29 is 14.3 Å². The van der Waals surface area contributed by atoms with Crippen molar-refractivity contribution in [1.29, 1.82) is 0 Å². The van der Waals surface area contributed by atoms with Crippen LogP contribution in [0.3, 0.4) is 0 Å². The fourth-order valence-corrected chi connectivity index (χ4v) is 4.05. The number of ether oxygens (including phenoxy) is 2. The van der Waals surface area contributed by atoms with Gasteiger partial charge < -0.3 is 15.2 Å². The number of nitrogens with two attached hydrogens (primary N) is 1. The molecule has 1 atom stereocenters. The van der Waals surface area contributed by atoms with Crippen molar-refractivity contribution in [3.05, 3.63) is 84.2 Å². The number of nitrogens with zero attached hydrogens (tertiary/aromatic N) is 2. The monoisotopic (exact) mass is 417 g/mol. The van der Waals surface area contributed by atoms with Crippen LogP contribution in [0.4, 0.5) is 0 Å². The summed E-state index contributed by atoms with van der Waals surface area (Å²) in [6.07, 6.45) is 4.01. The first-order chi connectivity index (χ1) is 15.1. The fourth-order valence-electron chi connectivity index (χ4n) is 4.05. The Hall–Kier alpha value is -3.22. The number of carbonyl (C=O) groups is 1. The molecule has 1 saturated heterocycles. The summed E-state index contributed by atoms with van der Waals surface area (Å²) in [6, 6.07) is 20.0. The van der Waals surface area contributed by atoms with Gasteiger partial charge in [-0.15, -0.1) is 0 Å². The van der Waals surface area contributed by atoms with Gasteiger partial charge in [0.1, 0.15) is 5.75 Å². The van der Waals surface area contributed by atoms with Crippen LogP contribution in [0.2, 0.25) is 0 Å². The highest BCUT2D eigenvalue weighted by Gasteiger charge is 2.42. The lowest BCUT2D eigenvalue weighted by Crippen LogP contribution is -2.59. The molecule has 1 aromatic heterocycles. The Morgan fingerprint density at radius 1 is 1.13 bits per heavy atom. The first-order valence-electron chi connectivity index (χ1n) is 10.4. The van der Waals surface area contributed by atoms with Crippen LogP contribution in [0.25, 0.3) is 11.1 Å². The summed E-state index contributed by atoms with van der Waals surface area (Å²) in [5.74, 6) is 0.393. The first kappa shape index (κ1) is 21.0. The van der Waals surface area contributed by atoms with E-state index in [0.717, 1.165) is 41.1 Å². The zero-order valence-electron chi connectivity index (χ0n) is 17.7. The Kier molecular flexibility index (Phi) is 6.30. The SMILES string of the molecule is COc1ccc(CN2CCO[C@](Cc3cccc(-c4cccnc4)c3)(C(N)=O)C2)cc1. The van der Waals surface area contributed by atoms with Crippen LogP contribution in [-0.4, -0.2) is 48.2 Å². The zero-order valence-corrected chi connectivity index (χ0v) is 17.7. The molecule has 2 aromatic carbocycles. The van der Waals surface area contributed by atoms with E-state index in [1.54, 1.807) is 13.3 Å². The van der Waals surface area contributed by atoms with E-state index in [1.165, 1.54) is 0 Å². The van der Waals surface area contributed by atoms with Gasteiger partial charge in [0.15, 0.2) is 5.60 Å². The normalized spacial score (nSPS) is 19.1. The quantitative estimate of drug-likeness (QED) is 0.639. The standard InChI is InChI=1S/C25H27N3O3/c1-30-23-9-7-19(8-10-23)17-28-12-13-31-25(18-28,24(26)29)15-20-4-2-5-21(14-20)22-6-3-11-27-16-22/h2-11,14,16H,12-13,15,17-18H2,1H3,(H2,26,29)/t25-/m0/s1. The Morgan fingerprint density at radius 2 is 1.94 bits per heavy atom. The minimum absolute atomic E-state index is 0.426. The van der Waals surface area contributed by atoms with Crippen LogP contribution >= 0.6 is 0 Å². The molecule has 160 valence electrons. The second-order valence-electron chi connectivity index (χ2n) is 7.88. The average Bonchev–Trinajstić information content (AvgIpc) is 2.80. The van der Waals surface area contributed by atoms with Gasteiger partial charge in [0.2, 0.25) is 0 Å². The van der Waals surface area contributed by atoms with Crippen molar-refractivity contribution in [2.75, 3.05) is 26.8 Å². The minimum atomic E-state index is -1.06. The number of amides is 1. The second-order valence-corrected chi connectivity index (χ2v) is 7.88. The number of morpholine rings is 1. The van der Waals surface area contributed by atoms with Crippen molar-refractivity contribution in [3.63, 3.8) is 0 Å². The van der Waals surface area contributed by atoms with Crippen molar-refractivity contribution in [2.24, 2.45) is 5.73 Å². The Bertz CT molecular complexity index is 1020. The number of hydrogen-bond donors (Lipinski definition) is 1. The van der Waals surface area contributed by atoms with Crippen LogP contribution in [0.1, 0.15) is 11.1 Å². The molecule has 3 aromatic rings. The van der Waals surface area contributed by atoms with Gasteiger partial charge in [-0.3, -0.25) is 14.7 Å². The van der Waals surface area contributed by atoms with E-state index in [4.69, 9.17) is 15.2 Å². The van der Waals surface area contributed by atoms with Gasteiger partial charge in [0.25, 0.3) is 5.91 Å². The van der Waals surface area contributed by atoms with Gasteiger partial charge in [-0.25, -0.2) is 0 Å². The molecular formula is C25H27N3O3. The molecule has 6 nitrogen and oxygen atoms in total. The summed E-state index contributed by atoms with van der Waals surface area (Å²) in [4.78, 5) is 19.0. The third-order valence-electron chi connectivity index (χ3n) is 5.69. The van der Waals surface area contributed by atoms with Crippen molar-refractivity contribution in [1.82, 2.24) is 9.88 Å². The van der Waals surface area contributed by atoms with E-state index >= 15 is 0 Å². The predicted molar refractivity (Wildman–Crippen MR) is 120 cm³/mol. The van der Waals surface area contributed by atoms with Crippen LogP contribution in [0, 0.1) is 0 Å². The number of carbonyl (C=O) groups excluding carboxylic acids is 1. The second kappa shape index (κ2) is 9.29. The van der Waals surface area contributed by atoms with Gasteiger partial charge >= 0.3 is 0 Å². The van der Waals surface area contributed by atoms with E-state index in [0.29, 0.717) is 19.6 Å². The average molecular weight is 418 g/mol. The van der Waals surface area contributed by atoms with Gasteiger partial charge in [0, 0.05) is 38.4 Å². The van der Waals surface area contributed by atoms with E-state index in [1.807, 2.05) is 60.8 Å². The topological polar surface area (TPSA) is 77.7 Å². The van der Waals surface area contributed by atoms with Gasteiger partial charge in [-0.1, -0.05) is 42.5 Å². The highest BCUT2D eigenvalue weighted by molar-refractivity contribution is 5.84. The first-order valence-corrected chi connectivity index (χ1v) is 10.4. The maximum atomic E-state index is 12.6. The molecule has 1 aliphatic rings. The summed E-state index contributed by atoms with van der Waals surface area (Å²) in [5.41, 5.74) is 9.06. The lowest BCUT2D eigenvalue weighted by molar-refractivity contribution is -0.157. The van der Waals surface area contributed by atoms with Crippen molar-refractivity contribution >= 4 is 5.91 Å². The molecule has 1 aliphatic heterocycles. The lowest BCUT2D eigenvalue weighted by atomic mass is 9.90. The molecule has 6 heteroatoms. The largest absolute Gasteiger partial charge is 0.497 e. The molecule has 4 rings (SSSR count). The summed E-state index contributed by atoms with van der Waals surface area (Å²) in [5, 5.41) is 0. The predicted octanol–water partition coefficient (Wildman–Crippen LogP) is 3.06. The molecule has 0 bridgehead atoms. The summed E-state index contributed by atoms with van der Waals surface area (Å²) in [6.45, 7) is 2.38. The zero-order chi connectivity index (χ0) is 21.7. The third-order valence-corrected chi connectivity index (χ3v) is 5.69. The number of hydrogen-bond acceptors (Lipinski definition) is 5. The van der Waals surface area contributed by atoms with Gasteiger partial charge in [-0.05, 0) is 40.5 Å². The van der Waals surface area contributed by atoms with Crippen LogP contribution in [-0.2, 0) is 22.5 Å². The van der Waals surface area contributed by atoms with E-state index in [-0.39, 0.29) is 0 Å². The maximum Gasteiger partial charge on any atom is 0.251 e. The highest BCUT2D eigenvalue weighted by Crippen LogP contribution is 2.27. The fraction of sp³-hybridized carbons (Fsp3) is 0.280. The minimum Gasteiger partial charge on any atom is -0.497 e. The molecule has 0 spiro atoms. The number of rotatable bonds is 7. The Morgan fingerprint density at radius 3 is 2.65 bits per heavy atom. The molecule has 2 heterocycles. The molecular weight excluding hydrogens is 390 g/mol. The molecule has 1 fully saturated rings. The van der Waals surface area contributed by atoms with Crippen molar-refractivity contribution in [2.45, 2.75) is 18.6 Å².